The number of ether oxygens (including phenoxy) is 2. The molecular weight excluding hydrogens is 272 g/mol. The predicted octanol–water partition coefficient (Wildman–Crippen LogP) is 2.88. The molecule has 0 saturated carbocycles. The van der Waals surface area contributed by atoms with Gasteiger partial charge in [0.25, 0.3) is 0 Å². The highest BCUT2D eigenvalue weighted by atomic mass is 16.6. The molecule has 0 amide bonds. The Kier molecular flexibility index (Phi) is 7.95. The maximum atomic E-state index is 11.7. The smallest absolute Gasteiger partial charge is 0.336 e. The summed E-state index contributed by atoms with van der Waals surface area (Å²) in [5, 5.41) is 9.40. The predicted molar refractivity (Wildman–Crippen MR) is 80.4 cm³/mol. The minimum Gasteiger partial charge on any atom is -0.457 e. The van der Waals surface area contributed by atoms with Gasteiger partial charge in [0.05, 0.1) is 0 Å². The van der Waals surface area contributed by atoms with Crippen LogP contribution in [0.15, 0.2) is 23.3 Å². The van der Waals surface area contributed by atoms with Gasteiger partial charge in [0, 0.05) is 17.6 Å². The molecule has 1 atom stereocenters. The lowest BCUT2D eigenvalue weighted by atomic mass is 10.2. The number of aliphatic hydroxyl groups is 1. The normalized spacial score (nSPS) is 14.6. The van der Waals surface area contributed by atoms with E-state index in [4.69, 9.17) is 9.47 Å². The van der Waals surface area contributed by atoms with E-state index in [1.165, 1.54) is 12.2 Å². The fraction of sp³-hybridized carbons (Fsp3) is 0.625. The number of carbonyl (C=O) groups is 2. The van der Waals surface area contributed by atoms with Crippen molar-refractivity contribution in [3.05, 3.63) is 23.3 Å². The van der Waals surface area contributed by atoms with Crippen molar-refractivity contribution in [3.63, 3.8) is 0 Å². The van der Waals surface area contributed by atoms with E-state index in [1.807, 2.05) is 6.92 Å². The summed E-state index contributed by atoms with van der Waals surface area (Å²) in [6, 6.07) is 0. The lowest BCUT2D eigenvalue weighted by Gasteiger charge is -2.19. The Bertz CT molecular complexity index is 426. The van der Waals surface area contributed by atoms with Crippen molar-refractivity contribution in [2.45, 2.75) is 66.3 Å². The van der Waals surface area contributed by atoms with Gasteiger partial charge in [0.2, 0.25) is 6.29 Å². The van der Waals surface area contributed by atoms with Crippen LogP contribution in [0.1, 0.15) is 54.4 Å². The van der Waals surface area contributed by atoms with Gasteiger partial charge >= 0.3 is 11.9 Å². The molecule has 1 N–H and O–H groups in total. The second-order valence-corrected chi connectivity index (χ2v) is 5.85. The molecule has 0 spiro atoms. The highest BCUT2D eigenvalue weighted by Crippen LogP contribution is 2.11. The third-order valence-corrected chi connectivity index (χ3v) is 2.40. The molecule has 120 valence electrons. The standard InChI is InChI=1S/C16H26O5/c1-7-8-13(17)20-14(18)11(2)9-10-12(3)15(19)21-16(4,5)6/h9-10,13,17H,7-8H2,1-6H3/b11-9+,12-10+. The lowest BCUT2D eigenvalue weighted by Crippen LogP contribution is -2.24. The van der Waals surface area contributed by atoms with E-state index in [2.05, 4.69) is 0 Å². The zero-order chi connectivity index (χ0) is 16.6. The molecule has 5 heteroatoms. The van der Waals surface area contributed by atoms with E-state index in [1.54, 1.807) is 34.6 Å². The third kappa shape index (κ3) is 9.02. The van der Waals surface area contributed by atoms with Crippen molar-refractivity contribution in [2.75, 3.05) is 0 Å². The molecule has 0 heterocycles. The van der Waals surface area contributed by atoms with E-state index in [0.29, 0.717) is 17.6 Å². The second kappa shape index (κ2) is 8.62. The number of carbonyl (C=O) groups excluding carboxylic acids is 2. The van der Waals surface area contributed by atoms with Crippen molar-refractivity contribution in [3.8, 4) is 0 Å². The van der Waals surface area contributed by atoms with Crippen molar-refractivity contribution in [1.29, 1.82) is 0 Å². The van der Waals surface area contributed by atoms with Crippen molar-refractivity contribution >= 4 is 11.9 Å². The average Bonchev–Trinajstić information content (AvgIpc) is 2.33. The first-order valence-electron chi connectivity index (χ1n) is 7.04. The highest BCUT2D eigenvalue weighted by Gasteiger charge is 2.17. The van der Waals surface area contributed by atoms with Crippen molar-refractivity contribution in [2.24, 2.45) is 0 Å². The van der Waals surface area contributed by atoms with Gasteiger partial charge < -0.3 is 14.6 Å². The Labute approximate surface area is 126 Å². The molecule has 5 nitrogen and oxygen atoms in total. The fourth-order valence-corrected chi connectivity index (χ4v) is 1.27. The summed E-state index contributed by atoms with van der Waals surface area (Å²) in [6.45, 7) is 10.4. The van der Waals surface area contributed by atoms with Crippen molar-refractivity contribution < 1.29 is 24.2 Å². The van der Waals surface area contributed by atoms with Gasteiger partial charge in [0.1, 0.15) is 5.60 Å². The topological polar surface area (TPSA) is 72.8 Å². The van der Waals surface area contributed by atoms with E-state index in [0.717, 1.165) is 6.42 Å². The number of aliphatic hydroxyl groups excluding tert-OH is 1. The number of hydrogen-bond donors (Lipinski definition) is 1. The van der Waals surface area contributed by atoms with Crippen LogP contribution in [0.4, 0.5) is 0 Å². The molecule has 21 heavy (non-hydrogen) atoms. The molecule has 0 aliphatic rings. The van der Waals surface area contributed by atoms with Crippen LogP contribution in [0, 0.1) is 0 Å². The van der Waals surface area contributed by atoms with Crippen LogP contribution in [0.5, 0.6) is 0 Å². The average molecular weight is 298 g/mol. The molecule has 0 aliphatic carbocycles. The fourth-order valence-electron chi connectivity index (χ4n) is 1.27. The number of allylic oxidation sites excluding steroid dienone is 2. The van der Waals surface area contributed by atoms with Gasteiger partial charge in [-0.25, -0.2) is 9.59 Å². The zero-order valence-electron chi connectivity index (χ0n) is 13.7. The summed E-state index contributed by atoms with van der Waals surface area (Å²) in [7, 11) is 0. The molecule has 0 radical (unpaired) electrons. The molecule has 0 rings (SSSR count). The van der Waals surface area contributed by atoms with Crippen LogP contribution in [0.25, 0.3) is 0 Å². The van der Waals surface area contributed by atoms with E-state index in [9.17, 15) is 14.7 Å². The summed E-state index contributed by atoms with van der Waals surface area (Å²) < 4.78 is 10.0. The Morgan fingerprint density at radius 1 is 1.10 bits per heavy atom. The SMILES string of the molecule is CCCC(O)OC(=O)/C(C)=C/C=C(\C)C(=O)OC(C)(C)C. The van der Waals surface area contributed by atoms with Gasteiger partial charge in [0.15, 0.2) is 0 Å². The summed E-state index contributed by atoms with van der Waals surface area (Å²) >= 11 is 0. The van der Waals surface area contributed by atoms with Crippen LogP contribution in [-0.2, 0) is 19.1 Å². The minimum atomic E-state index is -1.10. The maximum Gasteiger partial charge on any atom is 0.336 e. The maximum absolute atomic E-state index is 11.7. The zero-order valence-corrected chi connectivity index (χ0v) is 13.7. The first-order chi connectivity index (χ1) is 9.56. The quantitative estimate of drug-likeness (QED) is 0.353. The van der Waals surface area contributed by atoms with Crippen LogP contribution < -0.4 is 0 Å². The summed E-state index contributed by atoms with van der Waals surface area (Å²) in [6.07, 6.45) is 2.99. The molecule has 1 unspecified atom stereocenters. The van der Waals surface area contributed by atoms with Gasteiger partial charge in [-0.05, 0) is 34.6 Å². The molecule has 0 aromatic heterocycles. The largest absolute Gasteiger partial charge is 0.457 e. The van der Waals surface area contributed by atoms with Crippen LogP contribution in [-0.4, -0.2) is 28.9 Å². The molecular formula is C16H26O5. The van der Waals surface area contributed by atoms with Gasteiger partial charge in [-0.2, -0.15) is 0 Å². The van der Waals surface area contributed by atoms with Gasteiger partial charge in [-0.15, -0.1) is 0 Å². The Morgan fingerprint density at radius 2 is 1.57 bits per heavy atom. The Balaban J connectivity index is 4.65. The molecule has 0 bridgehead atoms. The molecule has 0 fully saturated rings. The summed E-state index contributed by atoms with van der Waals surface area (Å²) in [5.74, 6) is -1.05. The second-order valence-electron chi connectivity index (χ2n) is 5.85. The number of esters is 2. The first-order valence-corrected chi connectivity index (χ1v) is 7.04. The Hall–Kier alpha value is -1.62. The van der Waals surface area contributed by atoms with Crippen LogP contribution in [0.3, 0.4) is 0 Å². The molecule has 0 aromatic rings. The van der Waals surface area contributed by atoms with E-state index in [-0.39, 0.29) is 0 Å². The van der Waals surface area contributed by atoms with E-state index >= 15 is 0 Å². The lowest BCUT2D eigenvalue weighted by molar-refractivity contribution is -0.163. The van der Waals surface area contributed by atoms with E-state index < -0.39 is 23.8 Å². The molecule has 0 aliphatic heterocycles. The monoisotopic (exact) mass is 298 g/mol. The molecule has 0 aromatic carbocycles. The summed E-state index contributed by atoms with van der Waals surface area (Å²) in [5.41, 5.74) is 0.118. The number of hydrogen-bond acceptors (Lipinski definition) is 5. The number of rotatable bonds is 6. The van der Waals surface area contributed by atoms with Crippen molar-refractivity contribution in [1.82, 2.24) is 0 Å². The highest BCUT2D eigenvalue weighted by molar-refractivity contribution is 5.90. The van der Waals surface area contributed by atoms with Crippen LogP contribution in [0.2, 0.25) is 0 Å². The summed E-state index contributed by atoms with van der Waals surface area (Å²) in [4.78, 5) is 23.4. The van der Waals surface area contributed by atoms with Gasteiger partial charge in [-0.1, -0.05) is 25.5 Å². The minimum absolute atomic E-state index is 0.299. The van der Waals surface area contributed by atoms with Gasteiger partial charge in [-0.3, -0.25) is 0 Å². The first kappa shape index (κ1) is 19.4. The Morgan fingerprint density at radius 3 is 2.00 bits per heavy atom. The third-order valence-electron chi connectivity index (χ3n) is 2.40. The van der Waals surface area contributed by atoms with Crippen LogP contribution >= 0.6 is 0 Å². The molecule has 0 saturated heterocycles.